The number of rotatable bonds is 10. The Bertz CT molecular complexity index is 801. The van der Waals surface area contributed by atoms with Crippen molar-refractivity contribution >= 4 is 23.5 Å². The van der Waals surface area contributed by atoms with Crippen LogP contribution in [0.5, 0.6) is 5.75 Å². The highest BCUT2D eigenvalue weighted by Gasteiger charge is 2.11. The summed E-state index contributed by atoms with van der Waals surface area (Å²) in [6.07, 6.45) is 3.27. The lowest BCUT2D eigenvalue weighted by Crippen LogP contribution is -2.21. The van der Waals surface area contributed by atoms with Gasteiger partial charge in [-0.2, -0.15) is 0 Å². The maximum atomic E-state index is 12.0. The molecule has 0 heterocycles. The number of esters is 1. The van der Waals surface area contributed by atoms with Crippen LogP contribution in [0.4, 0.5) is 5.69 Å². The van der Waals surface area contributed by atoms with Crippen LogP contribution in [0.15, 0.2) is 48.5 Å². The second-order valence-corrected chi connectivity index (χ2v) is 6.20. The van der Waals surface area contributed by atoms with Gasteiger partial charge in [-0.15, -0.1) is 0 Å². The average molecular weight is 384 g/mol. The minimum atomic E-state index is -0.633. The number of hydrogen-bond donors (Lipinski definition) is 2. The summed E-state index contributed by atoms with van der Waals surface area (Å²) in [6.45, 7) is 1.50. The first-order valence-electron chi connectivity index (χ1n) is 9.05. The summed E-state index contributed by atoms with van der Waals surface area (Å²) in [7, 11) is 0. The Morgan fingerprint density at radius 2 is 1.64 bits per heavy atom. The summed E-state index contributed by atoms with van der Waals surface area (Å²) in [5.74, 6) is -1.25. The summed E-state index contributed by atoms with van der Waals surface area (Å²) in [4.78, 5) is 34.6. The van der Waals surface area contributed by atoms with Gasteiger partial charge in [0, 0.05) is 5.69 Å². The molecule has 0 aliphatic rings. The van der Waals surface area contributed by atoms with Crippen LogP contribution in [0.2, 0.25) is 0 Å². The molecule has 0 saturated heterocycles. The van der Waals surface area contributed by atoms with Crippen molar-refractivity contribution in [1.29, 1.82) is 0 Å². The highest BCUT2D eigenvalue weighted by Crippen LogP contribution is 2.14. The molecule has 0 bridgehead atoms. The summed E-state index contributed by atoms with van der Waals surface area (Å²) >= 11 is 0. The number of aryl methyl sites for hydroxylation is 1. The smallest absolute Gasteiger partial charge is 0.338 e. The fourth-order valence-corrected chi connectivity index (χ4v) is 2.39. The number of carbonyl (C=O) groups excluding carboxylic acids is 3. The number of anilines is 1. The van der Waals surface area contributed by atoms with Crippen molar-refractivity contribution in [3.05, 3.63) is 59.7 Å². The van der Waals surface area contributed by atoms with E-state index in [1.807, 2.05) is 24.3 Å². The van der Waals surface area contributed by atoms with Crippen LogP contribution in [0, 0.1) is 0 Å². The third-order valence-electron chi connectivity index (χ3n) is 3.86. The molecule has 28 heavy (non-hydrogen) atoms. The van der Waals surface area contributed by atoms with Crippen LogP contribution >= 0.6 is 0 Å². The van der Waals surface area contributed by atoms with Gasteiger partial charge in [0.2, 0.25) is 0 Å². The number of carbonyl (C=O) groups is 3. The molecule has 2 rings (SSSR count). The molecule has 0 aliphatic heterocycles. The Kier molecular flexibility index (Phi) is 8.02. The fourth-order valence-electron chi connectivity index (χ4n) is 2.39. The second kappa shape index (κ2) is 10.7. The van der Waals surface area contributed by atoms with Crippen molar-refractivity contribution in [2.24, 2.45) is 5.73 Å². The Balaban J connectivity index is 1.78. The van der Waals surface area contributed by atoms with Gasteiger partial charge in [0.05, 0.1) is 5.56 Å². The monoisotopic (exact) mass is 384 g/mol. The van der Waals surface area contributed by atoms with Gasteiger partial charge in [0.15, 0.2) is 13.2 Å². The molecular formula is C21H24N2O5. The fraction of sp³-hybridized carbons (Fsp3) is 0.286. The molecule has 0 aliphatic carbocycles. The van der Waals surface area contributed by atoms with Crippen molar-refractivity contribution in [1.82, 2.24) is 0 Å². The Labute approximate surface area is 163 Å². The predicted octanol–water partition coefficient (Wildman–Crippen LogP) is 2.69. The zero-order chi connectivity index (χ0) is 20.4. The van der Waals surface area contributed by atoms with Crippen molar-refractivity contribution in [3.8, 4) is 5.75 Å². The van der Waals surface area contributed by atoms with Crippen molar-refractivity contribution < 1.29 is 23.9 Å². The van der Waals surface area contributed by atoms with E-state index >= 15 is 0 Å². The molecule has 0 atom stereocenters. The summed E-state index contributed by atoms with van der Waals surface area (Å²) < 4.78 is 10.1. The molecule has 0 fully saturated rings. The standard InChI is InChI=1S/C21H24N2O5/c1-2-3-4-15-5-9-17(10-6-15)23-20(25)14-28-21(26)16-7-11-18(12-8-16)27-13-19(22)24/h5-12H,2-4,13-14H2,1H3,(H2,22,24)(H,23,25). The van der Waals surface area contributed by atoms with Crippen LogP contribution in [0.25, 0.3) is 0 Å². The van der Waals surface area contributed by atoms with E-state index in [-0.39, 0.29) is 12.2 Å². The highest BCUT2D eigenvalue weighted by atomic mass is 16.5. The number of ether oxygens (including phenoxy) is 2. The number of nitrogens with one attached hydrogen (secondary N) is 1. The number of amides is 2. The van der Waals surface area contributed by atoms with E-state index in [1.54, 1.807) is 0 Å². The number of primary amides is 1. The molecule has 0 spiro atoms. The first kappa shape index (κ1) is 21.0. The topological polar surface area (TPSA) is 108 Å². The van der Waals surface area contributed by atoms with Gasteiger partial charge in [0.25, 0.3) is 11.8 Å². The lowest BCUT2D eigenvalue weighted by atomic mass is 10.1. The number of benzene rings is 2. The molecule has 0 saturated carbocycles. The quantitative estimate of drug-likeness (QED) is 0.612. The summed E-state index contributed by atoms with van der Waals surface area (Å²) in [6, 6.07) is 13.6. The van der Waals surface area contributed by atoms with Gasteiger partial charge >= 0.3 is 5.97 Å². The van der Waals surface area contributed by atoms with Gasteiger partial charge in [0.1, 0.15) is 5.75 Å². The normalized spacial score (nSPS) is 10.2. The molecule has 148 valence electrons. The van der Waals surface area contributed by atoms with E-state index < -0.39 is 24.4 Å². The van der Waals surface area contributed by atoms with Crippen molar-refractivity contribution in [2.45, 2.75) is 26.2 Å². The van der Waals surface area contributed by atoms with Crippen LogP contribution in [-0.4, -0.2) is 31.0 Å². The minimum Gasteiger partial charge on any atom is -0.484 e. The first-order valence-corrected chi connectivity index (χ1v) is 9.05. The van der Waals surface area contributed by atoms with Gasteiger partial charge in [-0.1, -0.05) is 25.5 Å². The molecule has 7 heteroatoms. The molecule has 2 amide bonds. The summed E-state index contributed by atoms with van der Waals surface area (Å²) in [5.41, 5.74) is 7.12. The van der Waals surface area contributed by atoms with E-state index in [1.165, 1.54) is 29.8 Å². The third kappa shape index (κ3) is 7.11. The Morgan fingerprint density at radius 3 is 2.25 bits per heavy atom. The van der Waals surface area contributed by atoms with Gasteiger partial charge < -0.3 is 20.5 Å². The average Bonchev–Trinajstić information content (AvgIpc) is 2.70. The molecule has 2 aromatic rings. The van der Waals surface area contributed by atoms with E-state index in [4.69, 9.17) is 15.2 Å². The number of hydrogen-bond acceptors (Lipinski definition) is 5. The molecule has 7 nitrogen and oxygen atoms in total. The van der Waals surface area contributed by atoms with Crippen molar-refractivity contribution in [2.75, 3.05) is 18.5 Å². The molecule has 0 unspecified atom stereocenters. The lowest BCUT2D eigenvalue weighted by Gasteiger charge is -2.08. The molecule has 3 N–H and O–H groups in total. The van der Waals surface area contributed by atoms with Gasteiger partial charge in [-0.05, 0) is 54.8 Å². The maximum Gasteiger partial charge on any atom is 0.338 e. The van der Waals surface area contributed by atoms with Crippen LogP contribution in [0.3, 0.4) is 0 Å². The zero-order valence-electron chi connectivity index (χ0n) is 15.8. The predicted molar refractivity (Wildman–Crippen MR) is 105 cm³/mol. The lowest BCUT2D eigenvalue weighted by molar-refractivity contribution is -0.120. The van der Waals surface area contributed by atoms with Gasteiger partial charge in [-0.25, -0.2) is 4.79 Å². The molecular weight excluding hydrogens is 360 g/mol. The minimum absolute atomic E-state index is 0.246. The first-order chi connectivity index (χ1) is 13.5. The van der Waals surface area contributed by atoms with Crippen LogP contribution < -0.4 is 15.8 Å². The van der Waals surface area contributed by atoms with E-state index in [9.17, 15) is 14.4 Å². The molecule has 2 aromatic carbocycles. The Morgan fingerprint density at radius 1 is 0.964 bits per heavy atom. The Hall–Kier alpha value is -3.35. The van der Waals surface area contributed by atoms with Crippen LogP contribution in [0.1, 0.15) is 35.7 Å². The van der Waals surface area contributed by atoms with E-state index in [0.717, 1.165) is 19.3 Å². The zero-order valence-corrected chi connectivity index (χ0v) is 15.8. The number of unbranched alkanes of at least 4 members (excludes halogenated alkanes) is 1. The van der Waals surface area contributed by atoms with Crippen LogP contribution in [-0.2, 0) is 20.7 Å². The third-order valence-corrected chi connectivity index (χ3v) is 3.86. The molecule has 0 radical (unpaired) electrons. The van der Waals surface area contributed by atoms with Gasteiger partial charge in [-0.3, -0.25) is 9.59 Å². The van der Waals surface area contributed by atoms with E-state index in [2.05, 4.69) is 12.2 Å². The largest absolute Gasteiger partial charge is 0.484 e. The SMILES string of the molecule is CCCCc1ccc(NC(=O)COC(=O)c2ccc(OCC(N)=O)cc2)cc1. The number of nitrogens with two attached hydrogens (primary N) is 1. The second-order valence-electron chi connectivity index (χ2n) is 6.20. The van der Waals surface area contributed by atoms with Crippen molar-refractivity contribution in [3.63, 3.8) is 0 Å². The highest BCUT2D eigenvalue weighted by molar-refractivity contribution is 5.95. The van der Waals surface area contributed by atoms with E-state index in [0.29, 0.717) is 11.4 Å². The molecule has 0 aromatic heterocycles. The maximum absolute atomic E-state index is 12.0. The summed E-state index contributed by atoms with van der Waals surface area (Å²) in [5, 5.41) is 2.69.